The van der Waals surface area contributed by atoms with Gasteiger partial charge < -0.3 is 0 Å². The Morgan fingerprint density at radius 2 is 0.553 bits per heavy atom. The molecule has 0 unspecified atom stereocenters. The van der Waals surface area contributed by atoms with Gasteiger partial charge in [0.25, 0.3) is 0 Å². The lowest BCUT2D eigenvalue weighted by molar-refractivity contribution is 0.103. The van der Waals surface area contributed by atoms with Crippen molar-refractivity contribution in [2.75, 3.05) is 13.1 Å². The summed E-state index contributed by atoms with van der Waals surface area (Å²) >= 11 is 0. The van der Waals surface area contributed by atoms with Crippen LogP contribution in [0.4, 0.5) is 0 Å². The van der Waals surface area contributed by atoms with Crippen LogP contribution in [0.25, 0.3) is 0 Å². The van der Waals surface area contributed by atoms with E-state index in [0.29, 0.717) is 5.54 Å². The van der Waals surface area contributed by atoms with Crippen molar-refractivity contribution in [3.8, 4) is 0 Å². The van der Waals surface area contributed by atoms with Gasteiger partial charge in [-0.3, -0.25) is 4.90 Å². The quantitative estimate of drug-likeness (QED) is 0.0774. The minimum absolute atomic E-state index is 0.379. The molecule has 0 heterocycles. The van der Waals surface area contributed by atoms with Crippen LogP contribution >= 0.6 is 0 Å². The van der Waals surface area contributed by atoms with E-state index in [4.69, 9.17) is 0 Å². The Balaban J connectivity index is 3.87. The summed E-state index contributed by atoms with van der Waals surface area (Å²) in [6.45, 7) is 14.7. The lowest BCUT2D eigenvalue weighted by Crippen LogP contribution is -2.45. The molecule has 0 saturated carbocycles. The number of hydrogen-bond donors (Lipinski definition) is 0. The molecule has 38 heavy (non-hydrogen) atoms. The SMILES string of the molecule is CCCCCCCCCCCCCCCN(CCCCCCCCCCCCCCC)C(C)(C)CCCC. The monoisotopic (exact) mass is 536 g/mol. The van der Waals surface area contributed by atoms with Gasteiger partial charge in [-0.2, -0.15) is 0 Å². The van der Waals surface area contributed by atoms with Crippen LogP contribution in [0.2, 0.25) is 0 Å². The molecule has 0 bridgehead atoms. The standard InChI is InChI=1S/C37H77N/c1-6-9-12-14-16-18-20-22-24-26-28-30-32-35-38(37(4,5)34-11-8-3)36-33-31-29-27-25-23-21-19-17-15-13-10-7-2/h6-36H2,1-5H3. The highest BCUT2D eigenvalue weighted by atomic mass is 15.2. The maximum atomic E-state index is 2.87. The van der Waals surface area contributed by atoms with Crippen molar-refractivity contribution >= 4 is 0 Å². The minimum atomic E-state index is 0.379. The number of hydrogen-bond acceptors (Lipinski definition) is 1. The predicted molar refractivity (Wildman–Crippen MR) is 177 cm³/mol. The minimum Gasteiger partial charge on any atom is -0.298 e. The predicted octanol–water partition coefficient (Wildman–Crippen LogP) is 13.4. The average molecular weight is 536 g/mol. The fourth-order valence-electron chi connectivity index (χ4n) is 6.13. The summed E-state index contributed by atoms with van der Waals surface area (Å²) in [6, 6.07) is 0. The Kier molecular flexibility index (Phi) is 29.9. The van der Waals surface area contributed by atoms with Crippen molar-refractivity contribution in [1.29, 1.82) is 0 Å². The van der Waals surface area contributed by atoms with Gasteiger partial charge in [-0.1, -0.05) is 188 Å². The molecule has 0 aromatic carbocycles. The highest BCUT2D eigenvalue weighted by Crippen LogP contribution is 2.24. The molecule has 0 aromatic heterocycles. The van der Waals surface area contributed by atoms with Crippen LogP contribution in [0, 0.1) is 0 Å². The van der Waals surface area contributed by atoms with Gasteiger partial charge in [0.15, 0.2) is 0 Å². The molecule has 0 rings (SSSR count). The summed E-state index contributed by atoms with van der Waals surface area (Å²) in [4.78, 5) is 2.87. The van der Waals surface area contributed by atoms with Gasteiger partial charge >= 0.3 is 0 Å². The van der Waals surface area contributed by atoms with Gasteiger partial charge in [-0.15, -0.1) is 0 Å². The van der Waals surface area contributed by atoms with Crippen LogP contribution in [0.15, 0.2) is 0 Å². The van der Waals surface area contributed by atoms with Gasteiger partial charge in [0.1, 0.15) is 0 Å². The van der Waals surface area contributed by atoms with Crippen LogP contribution in [0.5, 0.6) is 0 Å². The summed E-state index contributed by atoms with van der Waals surface area (Å²) in [7, 11) is 0. The molecule has 0 aliphatic heterocycles. The van der Waals surface area contributed by atoms with Crippen molar-refractivity contribution < 1.29 is 0 Å². The molecule has 0 radical (unpaired) electrons. The Morgan fingerprint density at radius 1 is 0.316 bits per heavy atom. The van der Waals surface area contributed by atoms with Gasteiger partial charge in [0, 0.05) is 5.54 Å². The molecule has 1 nitrogen and oxygen atoms in total. The first-order valence-electron chi connectivity index (χ1n) is 18.3. The first-order valence-corrected chi connectivity index (χ1v) is 18.3. The van der Waals surface area contributed by atoms with Crippen LogP contribution in [-0.4, -0.2) is 23.5 Å². The fourth-order valence-corrected chi connectivity index (χ4v) is 6.13. The Hall–Kier alpha value is -0.0400. The summed E-state index contributed by atoms with van der Waals surface area (Å²) in [5.41, 5.74) is 0.379. The molecule has 0 aromatic rings. The van der Waals surface area contributed by atoms with E-state index in [9.17, 15) is 0 Å². The molecular weight excluding hydrogens is 458 g/mol. The maximum absolute atomic E-state index is 2.87. The van der Waals surface area contributed by atoms with Crippen LogP contribution in [0.3, 0.4) is 0 Å². The smallest absolute Gasteiger partial charge is 0.0153 e. The van der Waals surface area contributed by atoms with E-state index >= 15 is 0 Å². The Morgan fingerprint density at radius 3 is 0.816 bits per heavy atom. The maximum Gasteiger partial charge on any atom is 0.0153 e. The largest absolute Gasteiger partial charge is 0.298 e. The lowest BCUT2D eigenvalue weighted by atomic mass is 9.94. The molecule has 0 atom stereocenters. The number of rotatable bonds is 32. The molecule has 0 N–H and O–H groups in total. The van der Waals surface area contributed by atoms with Crippen molar-refractivity contribution in [2.24, 2.45) is 0 Å². The Labute approximate surface area is 244 Å². The Bertz CT molecular complexity index is 398. The number of unbranched alkanes of at least 4 members (excludes halogenated alkanes) is 25. The third kappa shape index (κ3) is 26.2. The van der Waals surface area contributed by atoms with E-state index in [2.05, 4.69) is 39.5 Å². The van der Waals surface area contributed by atoms with Gasteiger partial charge in [-0.05, 0) is 46.2 Å². The fraction of sp³-hybridized carbons (Fsp3) is 1.00. The van der Waals surface area contributed by atoms with Crippen molar-refractivity contribution in [1.82, 2.24) is 4.90 Å². The molecule has 0 fully saturated rings. The summed E-state index contributed by atoms with van der Waals surface area (Å²) in [6.07, 6.45) is 41.8. The molecule has 0 aliphatic rings. The first-order chi connectivity index (χ1) is 18.6. The van der Waals surface area contributed by atoms with Gasteiger partial charge in [0.2, 0.25) is 0 Å². The zero-order chi connectivity index (χ0) is 28.0. The zero-order valence-electron chi connectivity index (χ0n) is 27.9. The second kappa shape index (κ2) is 29.9. The number of nitrogens with zero attached hydrogens (tertiary/aromatic N) is 1. The molecule has 0 amide bonds. The van der Waals surface area contributed by atoms with Crippen LogP contribution < -0.4 is 0 Å². The van der Waals surface area contributed by atoms with Crippen molar-refractivity contribution in [3.05, 3.63) is 0 Å². The van der Waals surface area contributed by atoms with E-state index in [1.165, 1.54) is 199 Å². The van der Waals surface area contributed by atoms with Gasteiger partial charge in [0.05, 0.1) is 0 Å². The van der Waals surface area contributed by atoms with Gasteiger partial charge in [-0.25, -0.2) is 0 Å². The highest BCUT2D eigenvalue weighted by molar-refractivity contribution is 4.81. The molecular formula is C37H77N. The van der Waals surface area contributed by atoms with Crippen LogP contribution in [-0.2, 0) is 0 Å². The van der Waals surface area contributed by atoms with E-state index in [0.717, 1.165) is 0 Å². The molecule has 230 valence electrons. The van der Waals surface area contributed by atoms with E-state index in [1.54, 1.807) is 0 Å². The van der Waals surface area contributed by atoms with Crippen molar-refractivity contribution in [2.45, 2.75) is 226 Å². The molecule has 0 aliphatic carbocycles. The van der Waals surface area contributed by atoms with E-state index in [1.807, 2.05) is 0 Å². The summed E-state index contributed by atoms with van der Waals surface area (Å²) in [5.74, 6) is 0. The van der Waals surface area contributed by atoms with E-state index < -0.39 is 0 Å². The highest BCUT2D eigenvalue weighted by Gasteiger charge is 2.25. The molecule has 0 spiro atoms. The summed E-state index contributed by atoms with van der Waals surface area (Å²) < 4.78 is 0. The second-order valence-corrected chi connectivity index (χ2v) is 13.4. The lowest BCUT2D eigenvalue weighted by Gasteiger charge is -2.39. The molecule has 0 saturated heterocycles. The third-order valence-corrected chi connectivity index (χ3v) is 9.06. The first kappa shape index (κ1) is 38.0. The topological polar surface area (TPSA) is 3.24 Å². The molecule has 1 heteroatoms. The summed E-state index contributed by atoms with van der Waals surface area (Å²) in [5, 5.41) is 0. The van der Waals surface area contributed by atoms with Crippen molar-refractivity contribution in [3.63, 3.8) is 0 Å². The normalized spacial score (nSPS) is 12.2. The van der Waals surface area contributed by atoms with Crippen LogP contribution in [0.1, 0.15) is 221 Å². The average Bonchev–Trinajstić information content (AvgIpc) is 2.91. The zero-order valence-corrected chi connectivity index (χ0v) is 27.9. The third-order valence-electron chi connectivity index (χ3n) is 9.06. The van der Waals surface area contributed by atoms with E-state index in [-0.39, 0.29) is 0 Å². The second-order valence-electron chi connectivity index (χ2n) is 13.4.